The summed E-state index contributed by atoms with van der Waals surface area (Å²) in [5.41, 5.74) is 7.65. The molecule has 0 aliphatic heterocycles. The first kappa shape index (κ1) is 12.0. The van der Waals surface area contributed by atoms with Crippen molar-refractivity contribution in [2.24, 2.45) is 0 Å². The summed E-state index contributed by atoms with van der Waals surface area (Å²) in [5.74, 6) is 0. The van der Waals surface area contributed by atoms with Gasteiger partial charge < -0.3 is 5.73 Å². The van der Waals surface area contributed by atoms with E-state index in [1.807, 2.05) is 26.0 Å². The first-order valence-corrected chi connectivity index (χ1v) is 4.39. The molecule has 1 rings (SSSR count). The van der Waals surface area contributed by atoms with Gasteiger partial charge >= 0.3 is 0 Å². The van der Waals surface area contributed by atoms with E-state index in [1.54, 1.807) is 13.0 Å². The van der Waals surface area contributed by atoms with Crippen LogP contribution in [0.5, 0.6) is 0 Å². The molecule has 0 fully saturated rings. The van der Waals surface area contributed by atoms with Gasteiger partial charge in [0.2, 0.25) is 0 Å². The number of nitrogen functional groups attached to an aromatic ring is 1. The van der Waals surface area contributed by atoms with Crippen molar-refractivity contribution in [2.45, 2.75) is 20.8 Å². The lowest BCUT2D eigenvalue weighted by molar-refractivity contribution is 1.39. The minimum atomic E-state index is 0.367. The standard InChI is InChI=1S/C9H7N3.C2H6/c1-6-2-7(4-10)3-8(5-11)9(6)12;1-2/h2-3H,12H2,1H3;1-2H3. The lowest BCUT2D eigenvalue weighted by Gasteiger charge is -2.01. The molecule has 3 heteroatoms. The third-order valence-corrected chi connectivity index (χ3v) is 1.64. The quantitative estimate of drug-likeness (QED) is 0.633. The Morgan fingerprint density at radius 2 is 1.71 bits per heavy atom. The van der Waals surface area contributed by atoms with E-state index >= 15 is 0 Å². The summed E-state index contributed by atoms with van der Waals surface area (Å²) in [5, 5.41) is 17.2. The molecule has 0 atom stereocenters. The van der Waals surface area contributed by atoms with Gasteiger partial charge in [-0.15, -0.1) is 0 Å². The Labute approximate surface area is 84.4 Å². The second-order valence-electron chi connectivity index (χ2n) is 2.48. The summed E-state index contributed by atoms with van der Waals surface area (Å²) >= 11 is 0. The van der Waals surface area contributed by atoms with Gasteiger partial charge in [-0.1, -0.05) is 13.8 Å². The highest BCUT2D eigenvalue weighted by atomic mass is 14.6. The molecule has 0 aromatic heterocycles. The monoisotopic (exact) mass is 187 g/mol. The minimum Gasteiger partial charge on any atom is -0.397 e. The van der Waals surface area contributed by atoms with Crippen LogP contribution in [0.1, 0.15) is 30.5 Å². The number of aryl methyl sites for hydroxylation is 1. The molecule has 0 aliphatic carbocycles. The van der Waals surface area contributed by atoms with E-state index in [0.717, 1.165) is 5.56 Å². The predicted octanol–water partition coefficient (Wildman–Crippen LogP) is 2.35. The molecule has 0 spiro atoms. The van der Waals surface area contributed by atoms with Crippen LogP contribution in [0.4, 0.5) is 5.69 Å². The number of nitrogens with two attached hydrogens (primary N) is 1. The van der Waals surface area contributed by atoms with Crippen LogP contribution in [0.25, 0.3) is 0 Å². The summed E-state index contributed by atoms with van der Waals surface area (Å²) < 4.78 is 0. The summed E-state index contributed by atoms with van der Waals surface area (Å²) in [6.45, 7) is 5.77. The van der Waals surface area contributed by atoms with Gasteiger partial charge in [0.15, 0.2) is 0 Å². The molecule has 14 heavy (non-hydrogen) atoms. The van der Waals surface area contributed by atoms with Crippen molar-refractivity contribution < 1.29 is 0 Å². The van der Waals surface area contributed by atoms with Crippen LogP contribution < -0.4 is 5.73 Å². The Kier molecular flexibility index (Phi) is 4.81. The first-order chi connectivity index (χ1) is 6.69. The molecule has 1 aromatic carbocycles. The fourth-order valence-electron chi connectivity index (χ4n) is 0.955. The van der Waals surface area contributed by atoms with Crippen molar-refractivity contribution in [3.8, 4) is 12.1 Å². The van der Waals surface area contributed by atoms with Crippen LogP contribution in [0.2, 0.25) is 0 Å². The van der Waals surface area contributed by atoms with Crippen LogP contribution in [0.3, 0.4) is 0 Å². The number of rotatable bonds is 0. The zero-order valence-electron chi connectivity index (χ0n) is 8.63. The molecular formula is C11H13N3. The van der Waals surface area contributed by atoms with Crippen LogP contribution in [0.15, 0.2) is 12.1 Å². The van der Waals surface area contributed by atoms with Crippen molar-refractivity contribution >= 4 is 5.69 Å². The highest BCUT2D eigenvalue weighted by Crippen LogP contribution is 2.17. The van der Waals surface area contributed by atoms with Crippen molar-refractivity contribution in [1.82, 2.24) is 0 Å². The Morgan fingerprint density at radius 3 is 2.14 bits per heavy atom. The highest BCUT2D eigenvalue weighted by Gasteiger charge is 2.03. The maximum Gasteiger partial charge on any atom is 0.101 e. The number of benzene rings is 1. The van der Waals surface area contributed by atoms with Gasteiger partial charge in [0.05, 0.1) is 22.9 Å². The van der Waals surface area contributed by atoms with Crippen LogP contribution in [-0.4, -0.2) is 0 Å². The molecule has 0 radical (unpaired) electrons. The number of hydrogen-bond donors (Lipinski definition) is 1. The van der Waals surface area contributed by atoms with Gasteiger partial charge in [0, 0.05) is 0 Å². The zero-order chi connectivity index (χ0) is 11.1. The Bertz CT molecular complexity index is 394. The molecule has 0 bridgehead atoms. The van der Waals surface area contributed by atoms with E-state index in [0.29, 0.717) is 16.8 Å². The fourth-order valence-corrected chi connectivity index (χ4v) is 0.955. The van der Waals surface area contributed by atoms with E-state index in [1.165, 1.54) is 6.07 Å². The molecule has 0 aliphatic rings. The zero-order valence-corrected chi connectivity index (χ0v) is 8.63. The maximum absolute atomic E-state index is 8.62. The average Bonchev–Trinajstić information content (AvgIpc) is 2.24. The van der Waals surface area contributed by atoms with Crippen LogP contribution >= 0.6 is 0 Å². The SMILES string of the molecule is CC.Cc1cc(C#N)cc(C#N)c1N. The first-order valence-electron chi connectivity index (χ1n) is 4.39. The summed E-state index contributed by atoms with van der Waals surface area (Å²) in [6, 6.07) is 7.05. The van der Waals surface area contributed by atoms with E-state index in [-0.39, 0.29) is 0 Å². The minimum absolute atomic E-state index is 0.367. The van der Waals surface area contributed by atoms with Gasteiger partial charge in [-0.2, -0.15) is 10.5 Å². The van der Waals surface area contributed by atoms with Gasteiger partial charge in [0.1, 0.15) is 6.07 Å². The van der Waals surface area contributed by atoms with E-state index in [2.05, 4.69) is 0 Å². The van der Waals surface area contributed by atoms with Crippen molar-refractivity contribution in [3.63, 3.8) is 0 Å². The maximum atomic E-state index is 8.62. The molecular weight excluding hydrogens is 174 g/mol. The molecule has 0 saturated heterocycles. The lowest BCUT2D eigenvalue weighted by Crippen LogP contribution is -1.94. The van der Waals surface area contributed by atoms with Gasteiger partial charge in [-0.05, 0) is 24.6 Å². The third-order valence-electron chi connectivity index (χ3n) is 1.64. The molecule has 0 unspecified atom stereocenters. The molecule has 0 amide bonds. The third kappa shape index (κ3) is 2.50. The Hall–Kier alpha value is -2.00. The summed E-state index contributed by atoms with van der Waals surface area (Å²) in [7, 11) is 0. The van der Waals surface area contributed by atoms with Gasteiger partial charge in [-0.25, -0.2) is 0 Å². The average molecular weight is 187 g/mol. The lowest BCUT2D eigenvalue weighted by atomic mass is 10.1. The van der Waals surface area contributed by atoms with Crippen molar-refractivity contribution in [2.75, 3.05) is 5.73 Å². The molecule has 1 aromatic rings. The molecule has 0 saturated carbocycles. The second kappa shape index (κ2) is 5.61. The van der Waals surface area contributed by atoms with E-state index in [4.69, 9.17) is 16.3 Å². The van der Waals surface area contributed by atoms with Crippen molar-refractivity contribution in [3.05, 3.63) is 28.8 Å². The van der Waals surface area contributed by atoms with Crippen molar-refractivity contribution in [1.29, 1.82) is 10.5 Å². The van der Waals surface area contributed by atoms with Gasteiger partial charge in [0.25, 0.3) is 0 Å². The number of nitrogens with zero attached hydrogens (tertiary/aromatic N) is 2. The van der Waals surface area contributed by atoms with E-state index < -0.39 is 0 Å². The van der Waals surface area contributed by atoms with Crippen LogP contribution in [0, 0.1) is 29.6 Å². The smallest absolute Gasteiger partial charge is 0.101 e. The largest absolute Gasteiger partial charge is 0.397 e. The molecule has 72 valence electrons. The molecule has 0 heterocycles. The number of hydrogen-bond acceptors (Lipinski definition) is 3. The Balaban J connectivity index is 0.000000791. The predicted molar refractivity (Wildman–Crippen MR) is 56.4 cm³/mol. The number of nitriles is 2. The Morgan fingerprint density at radius 1 is 1.14 bits per heavy atom. The highest BCUT2D eigenvalue weighted by molar-refractivity contribution is 5.61. The fraction of sp³-hybridized carbons (Fsp3) is 0.273. The summed E-state index contributed by atoms with van der Waals surface area (Å²) in [6.07, 6.45) is 0. The summed E-state index contributed by atoms with van der Waals surface area (Å²) in [4.78, 5) is 0. The normalized spacial score (nSPS) is 7.79. The van der Waals surface area contributed by atoms with E-state index in [9.17, 15) is 0 Å². The topological polar surface area (TPSA) is 73.6 Å². The molecule has 3 nitrogen and oxygen atoms in total. The van der Waals surface area contributed by atoms with Crippen LogP contribution in [-0.2, 0) is 0 Å². The number of anilines is 1. The second-order valence-corrected chi connectivity index (χ2v) is 2.48. The molecule has 2 N–H and O–H groups in total. The van der Waals surface area contributed by atoms with Gasteiger partial charge in [-0.3, -0.25) is 0 Å².